The molecule has 0 aromatic heterocycles. The predicted octanol–water partition coefficient (Wildman–Crippen LogP) is 4.25. The van der Waals surface area contributed by atoms with Crippen LogP contribution in [0.3, 0.4) is 0 Å². The Labute approximate surface area is 121 Å². The van der Waals surface area contributed by atoms with Crippen LogP contribution in [0.5, 0.6) is 0 Å². The van der Waals surface area contributed by atoms with Crippen molar-refractivity contribution in [1.82, 2.24) is 0 Å². The van der Waals surface area contributed by atoms with Crippen LogP contribution in [-0.2, 0) is 9.22 Å². The molecule has 0 amide bonds. The minimum atomic E-state index is -3.22. The SMILES string of the molecule is CC(=O)CC(O[Si](F)([Si](C)(C)C)[Si](C)(C)C)C(C)C. The summed E-state index contributed by atoms with van der Waals surface area (Å²) in [4.78, 5) is 11.4. The first-order chi connectivity index (χ1) is 8.22. The Morgan fingerprint density at radius 2 is 1.42 bits per heavy atom. The van der Waals surface area contributed by atoms with Crippen LogP contribution in [0.2, 0.25) is 39.3 Å². The van der Waals surface area contributed by atoms with Gasteiger partial charge in [0.1, 0.15) is 21.0 Å². The predicted molar refractivity (Wildman–Crippen MR) is 88.6 cm³/mol. The fourth-order valence-corrected chi connectivity index (χ4v) is 36.1. The van der Waals surface area contributed by atoms with E-state index < -0.39 is 22.9 Å². The number of carbonyl (C=O) groups is 1. The van der Waals surface area contributed by atoms with E-state index in [1.807, 2.05) is 13.8 Å². The summed E-state index contributed by atoms with van der Waals surface area (Å²) in [6.45, 7) is 18.0. The molecule has 114 valence electrons. The van der Waals surface area contributed by atoms with E-state index in [1.54, 1.807) is 6.92 Å². The summed E-state index contributed by atoms with van der Waals surface area (Å²) in [6, 6.07) is 0. The van der Waals surface area contributed by atoms with Crippen molar-refractivity contribution in [2.45, 2.75) is 72.6 Å². The fraction of sp³-hybridized carbons (Fsp3) is 0.923. The summed E-state index contributed by atoms with van der Waals surface area (Å²) in [5.41, 5.74) is 0. The zero-order valence-corrected chi connectivity index (χ0v) is 17.1. The molecule has 0 aromatic carbocycles. The third-order valence-corrected chi connectivity index (χ3v) is 33.7. The number of halogens is 1. The number of carbonyl (C=O) groups excluding carboxylic acids is 1. The Morgan fingerprint density at radius 3 is 1.63 bits per heavy atom. The lowest BCUT2D eigenvalue weighted by Gasteiger charge is -2.44. The molecule has 1 unspecified atom stereocenters. The van der Waals surface area contributed by atoms with Gasteiger partial charge in [-0.3, -0.25) is 8.90 Å². The lowest BCUT2D eigenvalue weighted by atomic mass is 10.0. The second-order valence-electron chi connectivity index (χ2n) is 7.90. The molecule has 1 atom stereocenters. The van der Waals surface area contributed by atoms with E-state index in [2.05, 4.69) is 39.3 Å². The lowest BCUT2D eigenvalue weighted by Crippen LogP contribution is -2.72. The van der Waals surface area contributed by atoms with E-state index in [0.29, 0.717) is 6.42 Å². The molecule has 0 aliphatic heterocycles. The first-order valence-electron chi connectivity index (χ1n) is 7.08. The highest BCUT2D eigenvalue weighted by atomic mass is 29.7. The van der Waals surface area contributed by atoms with Crippen LogP contribution < -0.4 is 0 Å². The molecule has 0 saturated heterocycles. The highest BCUT2D eigenvalue weighted by Crippen LogP contribution is 2.34. The average molecular weight is 323 g/mol. The number of Topliss-reactive ketones (excluding diaryl/α,β-unsaturated/α-hetero) is 1. The Kier molecular flexibility index (Phi) is 6.39. The maximum atomic E-state index is 15.8. The molecular formula is C13H31FO2Si3. The molecule has 0 heterocycles. The molecule has 6 heteroatoms. The normalized spacial score (nSPS) is 15.7. The van der Waals surface area contributed by atoms with E-state index in [9.17, 15) is 4.79 Å². The smallest absolute Gasteiger partial charge is 0.342 e. The molecule has 0 aromatic rings. The maximum absolute atomic E-state index is 15.8. The van der Waals surface area contributed by atoms with Gasteiger partial charge in [-0.05, 0) is 12.8 Å². The minimum absolute atomic E-state index is 0.0844. The third-order valence-electron chi connectivity index (χ3n) is 3.48. The Morgan fingerprint density at radius 1 is 1.05 bits per heavy atom. The van der Waals surface area contributed by atoms with Crippen molar-refractivity contribution in [1.29, 1.82) is 0 Å². The molecule has 19 heavy (non-hydrogen) atoms. The molecule has 0 saturated carbocycles. The average Bonchev–Trinajstić information content (AvgIpc) is 2.11. The topological polar surface area (TPSA) is 26.3 Å². The van der Waals surface area contributed by atoms with Crippen molar-refractivity contribution < 1.29 is 13.3 Å². The number of ketones is 1. The molecule has 0 spiro atoms. The van der Waals surface area contributed by atoms with Gasteiger partial charge in [0, 0.05) is 6.42 Å². The standard InChI is InChI=1S/C13H31FO2Si3/c1-11(2)13(10-12(3)15)16-19(14,17(4,5)6)18(7,8)9/h11,13H,10H2,1-9H3. The van der Waals surface area contributed by atoms with Gasteiger partial charge in [-0.25, -0.2) is 0 Å². The molecule has 0 rings (SSSR count). The maximum Gasteiger partial charge on any atom is 0.342 e. The number of hydrogen-bond acceptors (Lipinski definition) is 2. The minimum Gasteiger partial charge on any atom is -0.392 e. The van der Waals surface area contributed by atoms with Crippen molar-refractivity contribution >= 4 is 28.7 Å². The summed E-state index contributed by atoms with van der Waals surface area (Å²) in [6.07, 6.45) is 0.0818. The molecule has 0 N–H and O–H groups in total. The zero-order valence-electron chi connectivity index (χ0n) is 14.1. The Hall–Kier alpha value is 0.211. The largest absolute Gasteiger partial charge is 0.392 e. The summed E-state index contributed by atoms with van der Waals surface area (Å²) < 4.78 is 21.9. The van der Waals surface area contributed by atoms with Crippen LogP contribution in [0.1, 0.15) is 27.2 Å². The second kappa shape index (κ2) is 6.32. The van der Waals surface area contributed by atoms with E-state index >= 15 is 4.11 Å². The van der Waals surface area contributed by atoms with E-state index in [4.69, 9.17) is 4.43 Å². The summed E-state index contributed by atoms with van der Waals surface area (Å²) in [5.74, 6) is 0.264. The van der Waals surface area contributed by atoms with Crippen molar-refractivity contribution in [2.24, 2.45) is 5.92 Å². The van der Waals surface area contributed by atoms with Gasteiger partial charge in [-0.2, -0.15) is 0 Å². The molecular weight excluding hydrogens is 291 g/mol. The van der Waals surface area contributed by atoms with Crippen LogP contribution >= 0.6 is 0 Å². The first kappa shape index (κ1) is 19.2. The Bertz CT molecular complexity index is 305. The lowest BCUT2D eigenvalue weighted by molar-refractivity contribution is -0.119. The molecule has 2 nitrogen and oxygen atoms in total. The van der Waals surface area contributed by atoms with Gasteiger partial charge < -0.3 is 4.43 Å². The molecule has 0 fully saturated rings. The van der Waals surface area contributed by atoms with Gasteiger partial charge in [-0.15, -0.1) is 0 Å². The van der Waals surface area contributed by atoms with Crippen LogP contribution in [-0.4, -0.2) is 34.8 Å². The second-order valence-corrected chi connectivity index (χ2v) is 32.7. The van der Waals surface area contributed by atoms with Crippen LogP contribution in [0, 0.1) is 5.92 Å². The summed E-state index contributed by atoms with van der Waals surface area (Å²) >= 11 is 0. The van der Waals surface area contributed by atoms with Crippen LogP contribution in [0.4, 0.5) is 4.11 Å². The molecule has 0 aliphatic rings. The molecule has 0 radical (unpaired) electrons. The van der Waals surface area contributed by atoms with Gasteiger partial charge in [0.15, 0.2) is 0 Å². The fourth-order valence-electron chi connectivity index (χ4n) is 2.38. The van der Waals surface area contributed by atoms with Gasteiger partial charge in [-0.1, -0.05) is 53.1 Å². The molecule has 0 aliphatic carbocycles. The van der Waals surface area contributed by atoms with Crippen molar-refractivity contribution in [3.8, 4) is 0 Å². The van der Waals surface area contributed by atoms with E-state index in [-0.39, 0.29) is 17.8 Å². The molecule has 0 bridgehead atoms. The van der Waals surface area contributed by atoms with Gasteiger partial charge in [0.05, 0.1) is 6.10 Å². The van der Waals surface area contributed by atoms with Crippen LogP contribution in [0.25, 0.3) is 0 Å². The van der Waals surface area contributed by atoms with E-state index in [1.165, 1.54) is 0 Å². The zero-order chi connectivity index (χ0) is 15.6. The van der Waals surface area contributed by atoms with Gasteiger partial charge >= 0.3 is 7.69 Å². The summed E-state index contributed by atoms with van der Waals surface area (Å²) in [7, 11) is -7.23. The first-order valence-corrected chi connectivity index (χ1v) is 17.9. The monoisotopic (exact) mass is 322 g/mol. The quantitative estimate of drug-likeness (QED) is 0.517. The van der Waals surface area contributed by atoms with Gasteiger partial charge in [0.2, 0.25) is 0 Å². The van der Waals surface area contributed by atoms with E-state index in [0.717, 1.165) is 0 Å². The summed E-state index contributed by atoms with van der Waals surface area (Å²) in [5, 5.41) is 0. The highest BCUT2D eigenvalue weighted by molar-refractivity contribution is 7.64. The van der Waals surface area contributed by atoms with Crippen LogP contribution in [0.15, 0.2) is 0 Å². The highest BCUT2D eigenvalue weighted by Gasteiger charge is 2.60. The van der Waals surface area contributed by atoms with Crippen molar-refractivity contribution in [3.63, 3.8) is 0 Å². The third kappa shape index (κ3) is 4.91. The number of rotatable bonds is 7. The number of hydrogen-bond donors (Lipinski definition) is 0. The van der Waals surface area contributed by atoms with Crippen molar-refractivity contribution in [2.75, 3.05) is 0 Å². The van der Waals surface area contributed by atoms with Gasteiger partial charge in [0.25, 0.3) is 0 Å². The Balaban J connectivity index is 5.38. The van der Waals surface area contributed by atoms with Crippen molar-refractivity contribution in [3.05, 3.63) is 0 Å².